The fourth-order valence-electron chi connectivity index (χ4n) is 4.85. The van der Waals surface area contributed by atoms with Crippen molar-refractivity contribution in [2.75, 3.05) is 11.0 Å². The summed E-state index contributed by atoms with van der Waals surface area (Å²) in [5.74, 6) is 0. The molecule has 4 aromatic carbocycles. The summed E-state index contributed by atoms with van der Waals surface area (Å²) in [4.78, 5) is 0. The zero-order chi connectivity index (χ0) is 22.9. The standard InChI is InChI=1S/C30H27NOP2/c1-2-3-21-31(34-27-17-9-7-15-25(27)26-16-8-10-18-28(26)34)33(24-13-5-4-6-14-24)29-19-11-12-23-20-22-32-30(23)29/h4-20,22H,2-3,21H2,1H3. The summed E-state index contributed by atoms with van der Waals surface area (Å²) < 4.78 is 8.94. The van der Waals surface area contributed by atoms with E-state index in [0.29, 0.717) is 0 Å². The van der Waals surface area contributed by atoms with Gasteiger partial charge < -0.3 is 4.42 Å². The van der Waals surface area contributed by atoms with Crippen LogP contribution >= 0.6 is 15.8 Å². The van der Waals surface area contributed by atoms with E-state index >= 15 is 0 Å². The predicted octanol–water partition coefficient (Wildman–Crippen LogP) is 8.51. The first kappa shape index (κ1) is 21.6. The van der Waals surface area contributed by atoms with Crippen molar-refractivity contribution in [3.05, 3.63) is 109 Å². The lowest BCUT2D eigenvalue weighted by Gasteiger charge is -2.33. The third-order valence-electron chi connectivity index (χ3n) is 6.42. The molecule has 2 heterocycles. The molecule has 1 atom stereocenters. The number of hydrogen-bond acceptors (Lipinski definition) is 2. The van der Waals surface area contributed by atoms with E-state index in [0.717, 1.165) is 12.1 Å². The molecule has 4 heteroatoms. The Bertz CT molecular complexity index is 1510. The second-order valence-electron chi connectivity index (χ2n) is 8.56. The third kappa shape index (κ3) is 3.68. The van der Waals surface area contributed by atoms with Gasteiger partial charge in [0.25, 0.3) is 0 Å². The van der Waals surface area contributed by atoms with Gasteiger partial charge in [0.1, 0.15) is 5.58 Å². The van der Waals surface area contributed by atoms with E-state index in [9.17, 15) is 0 Å². The van der Waals surface area contributed by atoms with E-state index < -0.39 is 15.8 Å². The van der Waals surface area contributed by atoms with Gasteiger partial charge in [0, 0.05) is 35.5 Å². The average molecular weight is 480 g/mol. The Labute approximate surface area is 202 Å². The van der Waals surface area contributed by atoms with E-state index in [-0.39, 0.29) is 0 Å². The van der Waals surface area contributed by atoms with Crippen LogP contribution in [-0.4, -0.2) is 6.54 Å². The molecule has 34 heavy (non-hydrogen) atoms. The van der Waals surface area contributed by atoms with Crippen molar-refractivity contribution in [3.63, 3.8) is 0 Å². The zero-order valence-electron chi connectivity index (χ0n) is 19.3. The quantitative estimate of drug-likeness (QED) is 0.213. The number of fused-ring (bicyclic) bond motifs is 4. The first-order valence-corrected chi connectivity index (χ1v) is 14.5. The third-order valence-corrected chi connectivity index (χ3v) is 12.1. The fraction of sp³-hybridized carbons (Fsp3) is 0.133. The number of rotatable bonds is 7. The lowest BCUT2D eigenvalue weighted by Crippen LogP contribution is -2.27. The van der Waals surface area contributed by atoms with Crippen LogP contribution in [0.15, 0.2) is 114 Å². The van der Waals surface area contributed by atoms with Gasteiger partial charge in [0.2, 0.25) is 0 Å². The van der Waals surface area contributed by atoms with Gasteiger partial charge in [0.15, 0.2) is 0 Å². The summed E-state index contributed by atoms with van der Waals surface area (Å²) in [6.45, 7) is 3.35. The zero-order valence-corrected chi connectivity index (χ0v) is 21.1. The molecule has 0 aliphatic heterocycles. The van der Waals surface area contributed by atoms with E-state index in [2.05, 4.69) is 114 Å². The highest BCUT2D eigenvalue weighted by Gasteiger charge is 2.29. The molecule has 168 valence electrons. The molecule has 2 aromatic heterocycles. The van der Waals surface area contributed by atoms with Crippen molar-refractivity contribution in [1.82, 2.24) is 0 Å². The number of hydrogen-bond donors (Lipinski definition) is 0. The number of furan rings is 1. The van der Waals surface area contributed by atoms with Gasteiger partial charge in [-0.15, -0.1) is 0 Å². The Morgan fingerprint density at radius 3 is 2.12 bits per heavy atom. The van der Waals surface area contributed by atoms with Gasteiger partial charge in [-0.25, -0.2) is 4.44 Å². The first-order chi connectivity index (χ1) is 16.9. The minimum Gasteiger partial charge on any atom is -0.464 e. The monoisotopic (exact) mass is 479 g/mol. The van der Waals surface area contributed by atoms with Gasteiger partial charge in [-0.05, 0) is 54.4 Å². The molecular formula is C30H27NOP2. The summed E-state index contributed by atoms with van der Waals surface area (Å²) >= 11 is 0. The molecule has 6 rings (SSSR count). The largest absolute Gasteiger partial charge is 0.464 e. The topological polar surface area (TPSA) is 16.4 Å². The van der Waals surface area contributed by atoms with Crippen molar-refractivity contribution in [2.45, 2.75) is 19.8 Å². The fourth-order valence-corrected chi connectivity index (χ4v) is 11.3. The molecule has 1 unspecified atom stereocenters. The van der Waals surface area contributed by atoms with Crippen molar-refractivity contribution in [2.24, 2.45) is 0 Å². The van der Waals surface area contributed by atoms with Crippen LogP contribution in [0.2, 0.25) is 0 Å². The molecule has 0 saturated carbocycles. The lowest BCUT2D eigenvalue weighted by atomic mass is 10.2. The Morgan fingerprint density at radius 1 is 0.735 bits per heavy atom. The smallest absolute Gasteiger partial charge is 0.143 e. The highest BCUT2D eigenvalue weighted by Crippen LogP contribution is 2.58. The van der Waals surface area contributed by atoms with E-state index in [1.54, 1.807) is 0 Å². The van der Waals surface area contributed by atoms with Crippen molar-refractivity contribution in [3.8, 4) is 0 Å². The predicted molar refractivity (Wildman–Crippen MR) is 151 cm³/mol. The highest BCUT2D eigenvalue weighted by atomic mass is 31.2. The van der Waals surface area contributed by atoms with Crippen LogP contribution in [-0.2, 0) is 0 Å². The molecule has 2 nitrogen and oxygen atoms in total. The molecule has 0 radical (unpaired) electrons. The van der Waals surface area contributed by atoms with Gasteiger partial charge in [-0.3, -0.25) is 0 Å². The van der Waals surface area contributed by atoms with Crippen LogP contribution in [0.5, 0.6) is 0 Å². The molecule has 0 fully saturated rings. The molecule has 6 aromatic rings. The summed E-state index contributed by atoms with van der Waals surface area (Å²) in [7, 11) is -1.45. The first-order valence-electron chi connectivity index (χ1n) is 11.9. The Morgan fingerprint density at radius 2 is 1.41 bits per heavy atom. The minimum absolute atomic E-state index is 0.659. The average Bonchev–Trinajstić information content (AvgIpc) is 3.50. The normalized spacial score (nSPS) is 12.8. The summed E-state index contributed by atoms with van der Waals surface area (Å²) in [6, 6.07) is 37.8. The van der Waals surface area contributed by atoms with Gasteiger partial charge in [-0.2, -0.15) is 0 Å². The Kier molecular flexibility index (Phi) is 5.98. The maximum Gasteiger partial charge on any atom is 0.143 e. The van der Waals surface area contributed by atoms with Crippen molar-refractivity contribution >= 4 is 58.3 Å². The molecule has 0 bridgehead atoms. The van der Waals surface area contributed by atoms with Crippen molar-refractivity contribution in [1.29, 1.82) is 0 Å². The summed E-state index contributed by atoms with van der Waals surface area (Å²) in [5.41, 5.74) is 1.02. The number of nitrogens with zero attached hydrogens (tertiary/aromatic N) is 1. The van der Waals surface area contributed by atoms with Gasteiger partial charge in [-0.1, -0.05) is 92.2 Å². The van der Waals surface area contributed by atoms with Crippen LogP contribution in [0, 0.1) is 0 Å². The summed E-state index contributed by atoms with van der Waals surface area (Å²) in [6.07, 6.45) is 4.17. The second-order valence-corrected chi connectivity index (χ2v) is 13.0. The molecule has 0 aliphatic carbocycles. The van der Waals surface area contributed by atoms with E-state index in [1.807, 2.05) is 6.26 Å². The van der Waals surface area contributed by atoms with Crippen molar-refractivity contribution < 1.29 is 4.42 Å². The molecule has 0 N–H and O–H groups in total. The van der Waals surface area contributed by atoms with E-state index in [1.165, 1.54) is 49.8 Å². The van der Waals surface area contributed by atoms with Gasteiger partial charge >= 0.3 is 0 Å². The Balaban J connectivity index is 1.67. The maximum atomic E-state index is 6.10. The number of unbranched alkanes of at least 4 members (excludes halogenated alkanes) is 1. The minimum atomic E-state index is -0.792. The highest BCUT2D eigenvalue weighted by molar-refractivity contribution is 7.85. The number of benzene rings is 4. The second kappa shape index (κ2) is 9.40. The van der Waals surface area contributed by atoms with Gasteiger partial charge in [0.05, 0.1) is 6.26 Å². The Hall–Kier alpha value is -2.89. The maximum absolute atomic E-state index is 6.10. The molecule has 0 aliphatic rings. The molecule has 0 spiro atoms. The van der Waals surface area contributed by atoms with Crippen LogP contribution in [0.1, 0.15) is 19.8 Å². The lowest BCUT2D eigenvalue weighted by molar-refractivity contribution is 0.618. The molecule has 0 amide bonds. The van der Waals surface area contributed by atoms with Crippen LogP contribution in [0.4, 0.5) is 0 Å². The summed E-state index contributed by atoms with van der Waals surface area (Å²) in [5, 5.41) is 9.60. The van der Waals surface area contributed by atoms with Crippen LogP contribution < -0.4 is 15.1 Å². The SMILES string of the molecule is CCCCN(P(c1ccccc1)c1cccc2ccoc12)p1c2ccccc2c2ccccc21. The van der Waals surface area contributed by atoms with E-state index in [4.69, 9.17) is 4.42 Å². The molecular weight excluding hydrogens is 452 g/mol. The number of para-hydroxylation sites is 1. The van der Waals surface area contributed by atoms with Crippen LogP contribution in [0.25, 0.3) is 32.0 Å². The molecule has 0 saturated heterocycles. The van der Waals surface area contributed by atoms with Crippen LogP contribution in [0.3, 0.4) is 0 Å².